The van der Waals surface area contributed by atoms with Gasteiger partial charge in [-0.25, -0.2) is 4.99 Å². The van der Waals surface area contributed by atoms with Crippen molar-refractivity contribution >= 4 is 5.90 Å². The summed E-state index contributed by atoms with van der Waals surface area (Å²) in [5.74, 6) is 2.25. The van der Waals surface area contributed by atoms with Crippen molar-refractivity contribution in [2.24, 2.45) is 4.99 Å². The summed E-state index contributed by atoms with van der Waals surface area (Å²) in [7, 11) is 3.34. The SMILES string of the molecule is COc1cc2c(cc1OC)[C@@H](c1ccccc1)N[C@H](C1=N[C@H](c3ccccc3)CO1)C2. The Bertz CT molecular complexity index is 1080. The van der Waals surface area contributed by atoms with Crippen LogP contribution in [0.5, 0.6) is 11.5 Å². The van der Waals surface area contributed by atoms with Gasteiger partial charge in [-0.2, -0.15) is 0 Å². The molecule has 2 aliphatic heterocycles. The summed E-state index contributed by atoms with van der Waals surface area (Å²) in [6.45, 7) is 0.576. The number of fused-ring (bicyclic) bond motifs is 1. The predicted octanol–water partition coefficient (Wildman–Crippen LogP) is 4.48. The molecule has 2 aliphatic rings. The molecule has 158 valence electrons. The van der Waals surface area contributed by atoms with Crippen LogP contribution in [0.15, 0.2) is 77.8 Å². The van der Waals surface area contributed by atoms with Crippen molar-refractivity contribution in [1.82, 2.24) is 5.32 Å². The molecule has 3 aromatic rings. The molecule has 5 nitrogen and oxygen atoms in total. The van der Waals surface area contributed by atoms with E-state index in [4.69, 9.17) is 19.2 Å². The standard InChI is InChI=1S/C26H26N2O3/c1-29-23-14-19-13-21(26-28-22(16-31-26)17-9-5-3-6-10-17)27-25(18-11-7-4-8-12-18)20(19)15-24(23)30-2/h3-12,14-15,21-22,25,27H,13,16H2,1-2H3/t21-,22-,25+/m0/s1. The molecule has 0 aliphatic carbocycles. The van der Waals surface area contributed by atoms with Crippen LogP contribution in [0.25, 0.3) is 0 Å². The second-order valence-electron chi connectivity index (χ2n) is 7.88. The van der Waals surface area contributed by atoms with Crippen LogP contribution in [-0.2, 0) is 11.2 Å². The van der Waals surface area contributed by atoms with E-state index in [0.717, 1.165) is 23.8 Å². The maximum atomic E-state index is 6.09. The van der Waals surface area contributed by atoms with Crippen LogP contribution in [0, 0.1) is 0 Å². The van der Waals surface area contributed by atoms with Gasteiger partial charge in [-0.15, -0.1) is 0 Å². The maximum Gasteiger partial charge on any atom is 0.202 e. The first kappa shape index (κ1) is 19.6. The average Bonchev–Trinajstić information content (AvgIpc) is 3.34. The monoisotopic (exact) mass is 414 g/mol. The Hall–Kier alpha value is -3.31. The molecule has 0 amide bonds. The minimum absolute atomic E-state index is 0.00970. The fraction of sp³-hybridized carbons (Fsp3) is 0.269. The van der Waals surface area contributed by atoms with Gasteiger partial charge < -0.3 is 14.2 Å². The van der Waals surface area contributed by atoms with Crippen molar-refractivity contribution in [3.8, 4) is 11.5 Å². The Morgan fingerprint density at radius 3 is 2.19 bits per heavy atom. The highest BCUT2D eigenvalue weighted by atomic mass is 16.5. The Kier molecular flexibility index (Phi) is 5.35. The van der Waals surface area contributed by atoms with E-state index >= 15 is 0 Å². The van der Waals surface area contributed by atoms with E-state index in [1.807, 2.05) is 24.3 Å². The molecule has 0 bridgehead atoms. The van der Waals surface area contributed by atoms with E-state index in [1.165, 1.54) is 22.3 Å². The molecular weight excluding hydrogens is 388 g/mol. The highest BCUT2D eigenvalue weighted by molar-refractivity contribution is 5.84. The molecule has 0 radical (unpaired) electrons. The summed E-state index contributed by atoms with van der Waals surface area (Å²) < 4.78 is 17.2. The number of hydrogen-bond acceptors (Lipinski definition) is 5. The number of nitrogens with zero attached hydrogens (tertiary/aromatic N) is 1. The van der Waals surface area contributed by atoms with Crippen molar-refractivity contribution in [3.63, 3.8) is 0 Å². The normalized spacial score (nSPS) is 22.3. The lowest BCUT2D eigenvalue weighted by molar-refractivity contribution is 0.296. The van der Waals surface area contributed by atoms with E-state index in [2.05, 4.69) is 53.8 Å². The van der Waals surface area contributed by atoms with Gasteiger partial charge in [0.25, 0.3) is 0 Å². The number of benzene rings is 3. The lowest BCUT2D eigenvalue weighted by Crippen LogP contribution is -2.45. The van der Waals surface area contributed by atoms with Gasteiger partial charge in [0.05, 0.1) is 26.3 Å². The van der Waals surface area contributed by atoms with Gasteiger partial charge in [0, 0.05) is 0 Å². The fourth-order valence-electron chi connectivity index (χ4n) is 4.46. The molecule has 0 aromatic heterocycles. The summed E-state index contributed by atoms with van der Waals surface area (Å²) in [6, 6.07) is 25.0. The Morgan fingerprint density at radius 1 is 0.871 bits per heavy atom. The molecule has 3 aromatic carbocycles. The summed E-state index contributed by atoms with van der Waals surface area (Å²) in [5, 5.41) is 3.78. The minimum atomic E-state index is -0.00970. The third-order valence-corrected chi connectivity index (χ3v) is 6.04. The number of hydrogen-bond donors (Lipinski definition) is 1. The molecule has 1 N–H and O–H groups in total. The van der Waals surface area contributed by atoms with Crippen LogP contribution in [0.4, 0.5) is 0 Å². The van der Waals surface area contributed by atoms with Gasteiger partial charge in [-0.05, 0) is 40.8 Å². The van der Waals surface area contributed by atoms with Gasteiger partial charge in [0.15, 0.2) is 11.5 Å². The second-order valence-corrected chi connectivity index (χ2v) is 7.88. The van der Waals surface area contributed by atoms with E-state index < -0.39 is 0 Å². The third kappa shape index (κ3) is 3.77. The smallest absolute Gasteiger partial charge is 0.202 e. The molecule has 0 unspecified atom stereocenters. The quantitative estimate of drug-likeness (QED) is 0.669. The maximum absolute atomic E-state index is 6.09. The largest absolute Gasteiger partial charge is 0.493 e. The predicted molar refractivity (Wildman–Crippen MR) is 121 cm³/mol. The second kappa shape index (κ2) is 8.44. The first-order chi connectivity index (χ1) is 15.3. The van der Waals surface area contributed by atoms with E-state index in [1.54, 1.807) is 14.2 Å². The molecule has 0 spiro atoms. The van der Waals surface area contributed by atoms with E-state index in [0.29, 0.717) is 6.61 Å². The summed E-state index contributed by atoms with van der Waals surface area (Å²) in [4.78, 5) is 4.94. The van der Waals surface area contributed by atoms with Crippen LogP contribution in [0.3, 0.4) is 0 Å². The van der Waals surface area contributed by atoms with Crippen LogP contribution < -0.4 is 14.8 Å². The number of rotatable bonds is 5. The lowest BCUT2D eigenvalue weighted by atomic mass is 9.86. The molecule has 0 saturated carbocycles. The first-order valence-corrected chi connectivity index (χ1v) is 10.6. The topological polar surface area (TPSA) is 52.1 Å². The van der Waals surface area contributed by atoms with E-state index in [9.17, 15) is 0 Å². The number of aliphatic imine (C=N–C) groups is 1. The Labute approximate surface area is 182 Å². The summed E-state index contributed by atoms with van der Waals surface area (Å²) in [6.07, 6.45) is 0.777. The number of ether oxygens (including phenoxy) is 3. The fourth-order valence-corrected chi connectivity index (χ4v) is 4.46. The van der Waals surface area contributed by atoms with Crippen molar-refractivity contribution in [3.05, 3.63) is 95.1 Å². The van der Waals surface area contributed by atoms with Crippen LogP contribution in [0.1, 0.15) is 34.3 Å². The van der Waals surface area contributed by atoms with Crippen molar-refractivity contribution in [1.29, 1.82) is 0 Å². The lowest BCUT2D eigenvalue weighted by Gasteiger charge is -2.33. The van der Waals surface area contributed by atoms with Gasteiger partial charge in [0.1, 0.15) is 12.6 Å². The molecule has 0 fully saturated rings. The zero-order valence-corrected chi connectivity index (χ0v) is 17.7. The molecule has 5 rings (SSSR count). The Morgan fingerprint density at radius 2 is 1.52 bits per heavy atom. The molecule has 3 atom stereocenters. The van der Waals surface area contributed by atoms with Crippen molar-refractivity contribution in [2.45, 2.75) is 24.5 Å². The van der Waals surface area contributed by atoms with Crippen molar-refractivity contribution < 1.29 is 14.2 Å². The summed E-state index contributed by atoms with van der Waals surface area (Å²) in [5.41, 5.74) is 4.78. The highest BCUT2D eigenvalue weighted by Gasteiger charge is 2.35. The molecule has 5 heteroatoms. The van der Waals surface area contributed by atoms with Gasteiger partial charge >= 0.3 is 0 Å². The van der Waals surface area contributed by atoms with Crippen molar-refractivity contribution in [2.75, 3.05) is 20.8 Å². The van der Waals surface area contributed by atoms with Crippen LogP contribution in [-0.4, -0.2) is 32.8 Å². The minimum Gasteiger partial charge on any atom is -0.493 e. The van der Waals surface area contributed by atoms with E-state index in [-0.39, 0.29) is 18.1 Å². The molecule has 0 saturated heterocycles. The van der Waals surface area contributed by atoms with Gasteiger partial charge in [0.2, 0.25) is 5.90 Å². The molecule has 31 heavy (non-hydrogen) atoms. The molecule has 2 heterocycles. The number of nitrogens with one attached hydrogen (secondary N) is 1. The number of methoxy groups -OCH3 is 2. The van der Waals surface area contributed by atoms with Crippen LogP contribution in [0.2, 0.25) is 0 Å². The highest BCUT2D eigenvalue weighted by Crippen LogP contribution is 2.39. The zero-order valence-electron chi connectivity index (χ0n) is 17.7. The van der Waals surface area contributed by atoms with Gasteiger partial charge in [-0.3, -0.25) is 5.32 Å². The zero-order chi connectivity index (χ0) is 21.2. The third-order valence-electron chi connectivity index (χ3n) is 6.04. The average molecular weight is 415 g/mol. The molecular formula is C26H26N2O3. The Balaban J connectivity index is 1.52. The van der Waals surface area contributed by atoms with Gasteiger partial charge in [-0.1, -0.05) is 60.7 Å². The van der Waals surface area contributed by atoms with Crippen LogP contribution >= 0.6 is 0 Å². The summed E-state index contributed by atoms with van der Waals surface area (Å²) >= 11 is 0. The first-order valence-electron chi connectivity index (χ1n) is 10.6.